The number of nitrogens with zero attached hydrogens (tertiary/aromatic N) is 3. The van der Waals surface area contributed by atoms with Crippen LogP contribution >= 0.6 is 0 Å². The number of aromatic nitrogens is 3. The summed E-state index contributed by atoms with van der Waals surface area (Å²) in [6.07, 6.45) is -1.80. The first-order valence-electron chi connectivity index (χ1n) is 5.52. The molecule has 2 rings (SSSR count). The van der Waals surface area contributed by atoms with Gasteiger partial charge in [0.1, 0.15) is 19.5 Å². The van der Waals surface area contributed by atoms with Gasteiger partial charge < -0.3 is 4.74 Å². The highest BCUT2D eigenvalue weighted by atomic mass is 19.3. The lowest BCUT2D eigenvalue weighted by atomic mass is 10.2. The lowest BCUT2D eigenvalue weighted by Gasteiger charge is -2.06. The van der Waals surface area contributed by atoms with E-state index in [-0.39, 0.29) is 13.2 Å². The van der Waals surface area contributed by atoms with Gasteiger partial charge in [0.05, 0.1) is 0 Å². The maximum Gasteiger partial charge on any atom is 0.328 e. The molecule has 19 heavy (non-hydrogen) atoms. The summed E-state index contributed by atoms with van der Waals surface area (Å²) in [6.45, 7) is -0.287. The van der Waals surface area contributed by atoms with Gasteiger partial charge in [-0.3, -0.25) is 4.79 Å². The number of carbonyl (C=O) groups excluding carboxylic acids is 1. The van der Waals surface area contributed by atoms with Gasteiger partial charge in [0, 0.05) is 0 Å². The second-order valence-electron chi connectivity index (χ2n) is 3.72. The SMILES string of the molecule is O=C(Cn1ncnc1C(F)F)OCc1ccccc1. The zero-order chi connectivity index (χ0) is 13.7. The summed E-state index contributed by atoms with van der Waals surface area (Å²) >= 11 is 0. The third-order valence-electron chi connectivity index (χ3n) is 2.36. The van der Waals surface area contributed by atoms with Crippen LogP contribution in [-0.4, -0.2) is 20.7 Å². The minimum absolute atomic E-state index is 0.0956. The summed E-state index contributed by atoms with van der Waals surface area (Å²) in [5.74, 6) is -1.19. The fraction of sp³-hybridized carbons (Fsp3) is 0.250. The second-order valence-corrected chi connectivity index (χ2v) is 3.72. The molecule has 0 radical (unpaired) electrons. The van der Waals surface area contributed by atoms with Crippen molar-refractivity contribution in [2.45, 2.75) is 19.6 Å². The van der Waals surface area contributed by atoms with Gasteiger partial charge in [0.25, 0.3) is 6.43 Å². The van der Waals surface area contributed by atoms with E-state index in [2.05, 4.69) is 10.1 Å². The Morgan fingerprint density at radius 2 is 2.05 bits per heavy atom. The van der Waals surface area contributed by atoms with Crippen molar-refractivity contribution in [3.8, 4) is 0 Å². The first-order chi connectivity index (χ1) is 9.16. The summed E-state index contributed by atoms with van der Waals surface area (Å²) in [4.78, 5) is 14.9. The smallest absolute Gasteiger partial charge is 0.328 e. The fourth-order valence-electron chi connectivity index (χ4n) is 1.47. The molecule has 0 spiro atoms. The molecule has 0 saturated heterocycles. The average Bonchev–Trinajstić information content (AvgIpc) is 2.86. The molecule has 0 bridgehead atoms. The number of benzene rings is 1. The van der Waals surface area contributed by atoms with E-state index in [0.717, 1.165) is 16.6 Å². The fourth-order valence-corrected chi connectivity index (χ4v) is 1.47. The number of alkyl halides is 2. The summed E-state index contributed by atoms with van der Waals surface area (Å²) in [7, 11) is 0. The quantitative estimate of drug-likeness (QED) is 0.777. The normalized spacial score (nSPS) is 10.7. The van der Waals surface area contributed by atoms with Crippen LogP contribution in [0.3, 0.4) is 0 Å². The third kappa shape index (κ3) is 3.57. The number of ether oxygens (including phenoxy) is 1. The van der Waals surface area contributed by atoms with Crippen LogP contribution in [0.25, 0.3) is 0 Å². The first kappa shape index (κ1) is 13.1. The Labute approximate surface area is 107 Å². The molecule has 100 valence electrons. The van der Waals surface area contributed by atoms with E-state index in [1.165, 1.54) is 0 Å². The Kier molecular flexibility index (Phi) is 4.17. The highest BCUT2D eigenvalue weighted by Gasteiger charge is 2.17. The van der Waals surface area contributed by atoms with E-state index in [4.69, 9.17) is 4.74 Å². The maximum atomic E-state index is 12.5. The molecular weight excluding hydrogens is 256 g/mol. The molecule has 5 nitrogen and oxygen atoms in total. The van der Waals surface area contributed by atoms with Gasteiger partial charge in [0.15, 0.2) is 5.82 Å². The van der Waals surface area contributed by atoms with Crippen molar-refractivity contribution >= 4 is 5.97 Å². The van der Waals surface area contributed by atoms with Gasteiger partial charge in [-0.2, -0.15) is 5.10 Å². The Balaban J connectivity index is 1.89. The van der Waals surface area contributed by atoms with Crippen molar-refractivity contribution < 1.29 is 18.3 Å². The average molecular weight is 267 g/mol. The number of hydrogen-bond donors (Lipinski definition) is 0. The molecule has 0 fully saturated rings. The second kappa shape index (κ2) is 6.03. The molecule has 0 aliphatic heterocycles. The molecule has 0 atom stereocenters. The topological polar surface area (TPSA) is 57.0 Å². The van der Waals surface area contributed by atoms with Gasteiger partial charge >= 0.3 is 5.97 Å². The van der Waals surface area contributed by atoms with E-state index in [9.17, 15) is 13.6 Å². The van der Waals surface area contributed by atoms with Gasteiger partial charge in [-0.05, 0) is 5.56 Å². The molecule has 0 amide bonds. The summed E-state index contributed by atoms with van der Waals surface area (Å²) in [6, 6.07) is 9.07. The predicted octanol–water partition coefficient (Wildman–Crippen LogP) is 1.96. The number of hydrogen-bond acceptors (Lipinski definition) is 4. The van der Waals surface area contributed by atoms with E-state index >= 15 is 0 Å². The highest BCUT2D eigenvalue weighted by molar-refractivity contribution is 5.69. The molecule has 7 heteroatoms. The number of esters is 1. The van der Waals surface area contributed by atoms with Gasteiger partial charge in [-0.15, -0.1) is 0 Å². The predicted molar refractivity (Wildman–Crippen MR) is 61.2 cm³/mol. The Morgan fingerprint density at radius 3 is 2.74 bits per heavy atom. The molecule has 0 unspecified atom stereocenters. The van der Waals surface area contributed by atoms with Gasteiger partial charge in [0.2, 0.25) is 0 Å². The van der Waals surface area contributed by atoms with Crippen LogP contribution in [0.15, 0.2) is 36.7 Å². The lowest BCUT2D eigenvalue weighted by molar-refractivity contribution is -0.146. The largest absolute Gasteiger partial charge is 0.459 e. The van der Waals surface area contributed by atoms with Gasteiger partial charge in [-0.1, -0.05) is 30.3 Å². The molecule has 0 aliphatic rings. The summed E-state index contributed by atoms with van der Waals surface area (Å²) in [5.41, 5.74) is 0.823. The zero-order valence-electron chi connectivity index (χ0n) is 9.87. The van der Waals surface area contributed by atoms with Crippen LogP contribution in [0.5, 0.6) is 0 Å². The van der Waals surface area contributed by atoms with Crippen LogP contribution in [0.2, 0.25) is 0 Å². The Hall–Kier alpha value is -2.31. The van der Waals surface area contributed by atoms with Crippen molar-refractivity contribution in [2.24, 2.45) is 0 Å². The van der Waals surface area contributed by atoms with Crippen molar-refractivity contribution in [3.05, 3.63) is 48.0 Å². The Morgan fingerprint density at radius 1 is 1.32 bits per heavy atom. The number of halogens is 2. The van der Waals surface area contributed by atoms with Crippen molar-refractivity contribution in [1.29, 1.82) is 0 Å². The van der Waals surface area contributed by atoms with Crippen LogP contribution in [-0.2, 0) is 22.7 Å². The van der Waals surface area contributed by atoms with Crippen LogP contribution in [0.4, 0.5) is 8.78 Å². The molecule has 0 saturated carbocycles. The molecule has 1 aromatic heterocycles. The minimum Gasteiger partial charge on any atom is -0.459 e. The molecule has 0 aliphatic carbocycles. The van der Waals surface area contributed by atoms with Crippen LogP contribution in [0, 0.1) is 0 Å². The summed E-state index contributed by atoms with van der Waals surface area (Å²) < 4.78 is 30.8. The molecule has 1 aromatic carbocycles. The minimum atomic E-state index is -2.77. The molecular formula is C12H11F2N3O2. The number of rotatable bonds is 5. The Bertz CT molecular complexity index is 543. The number of carbonyl (C=O) groups is 1. The standard InChI is InChI=1S/C12H11F2N3O2/c13-11(14)12-15-8-16-17(12)6-10(18)19-7-9-4-2-1-3-5-9/h1-5,8,11H,6-7H2. The van der Waals surface area contributed by atoms with E-state index in [1.807, 2.05) is 18.2 Å². The van der Waals surface area contributed by atoms with Crippen LogP contribution in [0.1, 0.15) is 17.8 Å². The van der Waals surface area contributed by atoms with E-state index in [1.54, 1.807) is 12.1 Å². The van der Waals surface area contributed by atoms with Crippen LogP contribution < -0.4 is 0 Å². The van der Waals surface area contributed by atoms with E-state index < -0.39 is 18.2 Å². The molecule has 2 aromatic rings. The zero-order valence-corrected chi connectivity index (χ0v) is 9.87. The molecule has 1 heterocycles. The monoisotopic (exact) mass is 267 g/mol. The van der Waals surface area contributed by atoms with Gasteiger partial charge in [-0.25, -0.2) is 18.4 Å². The third-order valence-corrected chi connectivity index (χ3v) is 2.36. The maximum absolute atomic E-state index is 12.5. The highest BCUT2D eigenvalue weighted by Crippen LogP contribution is 2.14. The first-order valence-corrected chi connectivity index (χ1v) is 5.52. The molecule has 0 N–H and O–H groups in total. The van der Waals surface area contributed by atoms with Crippen molar-refractivity contribution in [3.63, 3.8) is 0 Å². The van der Waals surface area contributed by atoms with Crippen molar-refractivity contribution in [1.82, 2.24) is 14.8 Å². The lowest BCUT2D eigenvalue weighted by Crippen LogP contribution is -2.17. The van der Waals surface area contributed by atoms with E-state index in [0.29, 0.717) is 0 Å². The summed E-state index contributed by atoms with van der Waals surface area (Å²) in [5, 5.41) is 3.56. The van der Waals surface area contributed by atoms with Crippen molar-refractivity contribution in [2.75, 3.05) is 0 Å².